The van der Waals surface area contributed by atoms with E-state index in [0.29, 0.717) is 27.9 Å². The van der Waals surface area contributed by atoms with Crippen LogP contribution in [0.1, 0.15) is 27.8 Å². The fourth-order valence-corrected chi connectivity index (χ4v) is 6.50. The second kappa shape index (κ2) is 9.34. The van der Waals surface area contributed by atoms with Crippen molar-refractivity contribution in [1.82, 2.24) is 0 Å². The van der Waals surface area contributed by atoms with E-state index in [1.54, 1.807) is 12.1 Å². The zero-order chi connectivity index (χ0) is 29.1. The number of hydrogen-bond donors (Lipinski definition) is 2. The Morgan fingerprint density at radius 2 is 1.31 bits per heavy atom. The van der Waals surface area contributed by atoms with E-state index < -0.39 is 0 Å². The highest BCUT2D eigenvalue weighted by atomic mass is 16.3. The average Bonchev–Trinajstić information content (AvgIpc) is 3.00. The van der Waals surface area contributed by atoms with Gasteiger partial charge in [-0.3, -0.25) is 0 Å². The highest BCUT2D eigenvalue weighted by Gasteiger charge is 2.42. The summed E-state index contributed by atoms with van der Waals surface area (Å²) in [5.74, 6) is 0.0524. The van der Waals surface area contributed by atoms with Crippen LogP contribution in [-0.4, -0.2) is 34.6 Å². The van der Waals surface area contributed by atoms with Crippen LogP contribution in [0.3, 0.4) is 0 Å². The van der Waals surface area contributed by atoms with Gasteiger partial charge >= 0.3 is 0 Å². The molecule has 7 rings (SSSR count). The second-order valence-electron chi connectivity index (χ2n) is 10.6. The lowest BCUT2D eigenvalue weighted by Gasteiger charge is -2.34. The van der Waals surface area contributed by atoms with Crippen LogP contribution in [0.15, 0.2) is 120 Å². The van der Waals surface area contributed by atoms with E-state index in [2.05, 4.69) is 17.0 Å². The molecule has 198 valence electrons. The number of nitrogens with zero attached hydrogens (tertiary/aromatic N) is 3. The van der Waals surface area contributed by atoms with Crippen LogP contribution < -0.4 is 0 Å². The Bertz CT molecular complexity index is 2180. The van der Waals surface area contributed by atoms with Gasteiger partial charge in [0.05, 0.1) is 23.8 Å². The van der Waals surface area contributed by atoms with Gasteiger partial charge in [-0.2, -0.15) is 0 Å². The third-order valence-electron chi connectivity index (χ3n) is 8.15. The number of nitriles is 1. The largest absolute Gasteiger partial charge is 0.507 e. The molecular formula is C37H24N3O2+. The van der Waals surface area contributed by atoms with Crippen molar-refractivity contribution in [1.29, 1.82) is 5.26 Å². The number of hydrogen-bond acceptors (Lipinski definition) is 3. The Labute approximate surface area is 243 Å². The molecule has 5 aromatic rings. The first-order chi connectivity index (χ1) is 20.5. The van der Waals surface area contributed by atoms with Crippen molar-refractivity contribution >= 4 is 38.4 Å². The Kier molecular flexibility index (Phi) is 5.58. The third kappa shape index (κ3) is 3.38. The summed E-state index contributed by atoms with van der Waals surface area (Å²) in [4.78, 5) is 3.63. The number of aliphatic hydroxyl groups excluding tert-OH is 1. The molecular weight excluding hydrogens is 518 g/mol. The molecule has 0 saturated carbocycles. The zero-order valence-electron chi connectivity index (χ0n) is 23.0. The molecule has 2 aliphatic rings. The lowest BCUT2D eigenvalue weighted by molar-refractivity contribution is -0.463. The van der Waals surface area contributed by atoms with Crippen LogP contribution in [0.25, 0.3) is 37.5 Å². The molecule has 0 aromatic heterocycles. The normalized spacial score (nSPS) is 16.8. The molecule has 5 nitrogen and oxygen atoms in total. The van der Waals surface area contributed by atoms with E-state index in [9.17, 15) is 15.5 Å². The summed E-state index contributed by atoms with van der Waals surface area (Å²) in [7, 11) is 3.92. The average molecular weight is 543 g/mol. The molecule has 0 saturated heterocycles. The van der Waals surface area contributed by atoms with Crippen LogP contribution in [0.5, 0.6) is 5.75 Å². The number of fused-ring (bicyclic) bond motifs is 4. The first-order valence-corrected chi connectivity index (χ1v) is 13.5. The number of aliphatic hydroxyl groups is 1. The van der Waals surface area contributed by atoms with E-state index in [0.717, 1.165) is 49.5 Å². The smallest absolute Gasteiger partial charge is 0.270 e. The standard InChI is InChI=1S/C37H23N3O2/c1-39-28(20-38)33-34(30-23-13-6-4-11-21(23)19-22-12-5-7-14-24(22)30)37(42)35(33)32-25-15-8-9-16-26(25)36(40(2)3)27-17-10-18-29(41)31(27)32/h4-19H,2-3H3,(H-,41,42)/p+1/b33-28+,35-32+. The van der Waals surface area contributed by atoms with Crippen LogP contribution in [0, 0.1) is 17.9 Å². The van der Waals surface area contributed by atoms with Gasteiger partial charge < -0.3 is 10.2 Å². The van der Waals surface area contributed by atoms with Crippen molar-refractivity contribution in [2.75, 3.05) is 14.1 Å². The molecule has 0 amide bonds. The van der Waals surface area contributed by atoms with Gasteiger partial charge in [-0.1, -0.05) is 72.8 Å². The summed E-state index contributed by atoms with van der Waals surface area (Å²) in [6.45, 7) is 7.95. The van der Waals surface area contributed by atoms with Gasteiger partial charge in [-0.15, -0.1) is 0 Å². The maximum Gasteiger partial charge on any atom is 0.270 e. The zero-order valence-corrected chi connectivity index (χ0v) is 23.0. The molecule has 0 atom stereocenters. The molecule has 0 aliphatic heterocycles. The third-order valence-corrected chi connectivity index (χ3v) is 8.15. The lowest BCUT2D eigenvalue weighted by Crippen LogP contribution is -2.25. The number of allylic oxidation sites excluding steroid dienone is 3. The molecule has 0 unspecified atom stereocenters. The van der Waals surface area contributed by atoms with E-state index in [-0.39, 0.29) is 17.2 Å². The van der Waals surface area contributed by atoms with Gasteiger partial charge in [0, 0.05) is 33.4 Å². The Morgan fingerprint density at radius 3 is 1.93 bits per heavy atom. The molecule has 5 heteroatoms. The quantitative estimate of drug-likeness (QED) is 0.0973. The van der Waals surface area contributed by atoms with Crippen molar-refractivity contribution in [2.45, 2.75) is 0 Å². The minimum Gasteiger partial charge on any atom is -0.507 e. The number of phenolic OH excluding ortho intramolecular Hbond substituents is 1. The molecule has 0 fully saturated rings. The monoisotopic (exact) mass is 542 g/mol. The van der Waals surface area contributed by atoms with Gasteiger partial charge in [0.25, 0.3) is 5.70 Å². The van der Waals surface area contributed by atoms with Crippen molar-refractivity contribution in [3.05, 3.63) is 159 Å². The fourth-order valence-electron chi connectivity index (χ4n) is 6.50. The summed E-state index contributed by atoms with van der Waals surface area (Å²) < 4.78 is 2.01. The van der Waals surface area contributed by atoms with Crippen molar-refractivity contribution in [3.63, 3.8) is 0 Å². The van der Waals surface area contributed by atoms with E-state index >= 15 is 0 Å². The molecule has 42 heavy (non-hydrogen) atoms. The first-order valence-electron chi connectivity index (χ1n) is 13.5. The maximum absolute atomic E-state index is 12.1. The van der Waals surface area contributed by atoms with Crippen LogP contribution in [0.4, 0.5) is 0 Å². The molecule has 0 spiro atoms. The Morgan fingerprint density at radius 1 is 0.714 bits per heavy atom. The topological polar surface area (TPSA) is 71.6 Å². The number of aromatic hydroxyl groups is 1. The Balaban J connectivity index is 1.69. The molecule has 0 radical (unpaired) electrons. The van der Waals surface area contributed by atoms with E-state index in [1.165, 1.54) is 0 Å². The number of phenols is 1. The van der Waals surface area contributed by atoms with Gasteiger partial charge in [-0.25, -0.2) is 14.7 Å². The number of rotatable bonds is 1. The summed E-state index contributed by atoms with van der Waals surface area (Å²) >= 11 is 0. The molecule has 2 aliphatic carbocycles. The van der Waals surface area contributed by atoms with Crippen LogP contribution >= 0.6 is 0 Å². The fraction of sp³-hybridized carbons (Fsp3) is 0.0541. The van der Waals surface area contributed by atoms with Crippen LogP contribution in [-0.2, 0) is 0 Å². The maximum atomic E-state index is 12.1. The minimum absolute atomic E-state index is 0.00443. The van der Waals surface area contributed by atoms with Gasteiger partial charge in [0.15, 0.2) is 0 Å². The summed E-state index contributed by atoms with van der Waals surface area (Å²) in [6, 6.07) is 33.3. The predicted octanol–water partition coefficient (Wildman–Crippen LogP) is 7.60. The SMILES string of the molecule is [C-]#[N+]/C(C#N)=C1C(c2c3ccccc3cc3ccccc23)=C(O)C\1=C1/c2ccccc2C(=[N+](C)C)c2cccc(O)c21. The second-order valence-corrected chi connectivity index (χ2v) is 10.6. The van der Waals surface area contributed by atoms with E-state index in [1.807, 2.05) is 97.5 Å². The summed E-state index contributed by atoms with van der Waals surface area (Å²) in [6.07, 6.45) is 0. The van der Waals surface area contributed by atoms with Crippen molar-refractivity contribution < 1.29 is 14.8 Å². The van der Waals surface area contributed by atoms with Crippen LogP contribution in [0.2, 0.25) is 0 Å². The molecule has 0 heterocycles. The Hall–Kier alpha value is -5.91. The lowest BCUT2D eigenvalue weighted by atomic mass is 9.69. The van der Waals surface area contributed by atoms with Gasteiger partial charge in [0.2, 0.25) is 5.71 Å². The molecule has 0 bridgehead atoms. The number of benzene rings is 5. The molecule has 2 N–H and O–H groups in total. The molecule has 5 aromatic carbocycles. The minimum atomic E-state index is -0.112. The first kappa shape index (κ1) is 25.1. The highest BCUT2D eigenvalue weighted by molar-refractivity contribution is 6.23. The van der Waals surface area contributed by atoms with Crippen molar-refractivity contribution in [2.24, 2.45) is 0 Å². The van der Waals surface area contributed by atoms with Gasteiger partial charge in [-0.05, 0) is 51.4 Å². The summed E-state index contributed by atoms with van der Waals surface area (Å²) in [5, 5.41) is 37.4. The predicted molar refractivity (Wildman–Crippen MR) is 166 cm³/mol. The van der Waals surface area contributed by atoms with Crippen molar-refractivity contribution in [3.8, 4) is 11.8 Å². The van der Waals surface area contributed by atoms with E-state index in [4.69, 9.17) is 6.57 Å². The summed E-state index contributed by atoms with van der Waals surface area (Å²) in [5.41, 5.74) is 6.54. The highest BCUT2D eigenvalue weighted by Crippen LogP contribution is 2.56. The van der Waals surface area contributed by atoms with Gasteiger partial charge in [0.1, 0.15) is 25.6 Å².